The lowest BCUT2D eigenvalue weighted by Gasteiger charge is -2.22. The van der Waals surface area contributed by atoms with Crippen LogP contribution in [0.5, 0.6) is 0 Å². The van der Waals surface area contributed by atoms with Gasteiger partial charge in [0, 0.05) is 18.2 Å². The van der Waals surface area contributed by atoms with Crippen molar-refractivity contribution in [1.82, 2.24) is 0 Å². The summed E-state index contributed by atoms with van der Waals surface area (Å²) in [5.74, 6) is -1.93. The molecule has 4 nitrogen and oxygen atoms in total. The highest BCUT2D eigenvalue weighted by Crippen LogP contribution is 2.27. The summed E-state index contributed by atoms with van der Waals surface area (Å²) in [6.45, 7) is 0. The third-order valence-electron chi connectivity index (χ3n) is 3.70. The molecule has 2 rings (SSSR count). The van der Waals surface area contributed by atoms with Crippen molar-refractivity contribution in [2.24, 2.45) is 0 Å². The smallest absolute Gasteiger partial charge is 0.307 e. The number of nitro benzene ring substituents is 1. The van der Waals surface area contributed by atoms with Crippen molar-refractivity contribution in [3.05, 3.63) is 33.9 Å². The Bertz CT molecular complexity index is 486. The average molecular weight is 284 g/mol. The minimum absolute atomic E-state index is 0.0173. The fourth-order valence-corrected chi connectivity index (χ4v) is 2.61. The third-order valence-corrected chi connectivity index (χ3v) is 3.70. The molecule has 0 atom stereocenters. The summed E-state index contributed by atoms with van der Waals surface area (Å²) in [4.78, 5) is 9.86. The lowest BCUT2D eigenvalue weighted by atomic mass is 9.96. The monoisotopic (exact) mass is 284 g/mol. The largest absolute Gasteiger partial charge is 0.380 e. The Balaban J connectivity index is 2.14. The summed E-state index contributed by atoms with van der Waals surface area (Å²) in [6.07, 6.45) is 7.47. The molecule has 0 unspecified atom stereocenters. The summed E-state index contributed by atoms with van der Waals surface area (Å²) >= 11 is 0. The number of rotatable bonds is 3. The average Bonchev–Trinajstić information content (AvgIpc) is 2.34. The summed E-state index contributed by atoms with van der Waals surface area (Å²) < 4.78 is 27.0. The van der Waals surface area contributed by atoms with Gasteiger partial charge in [-0.3, -0.25) is 10.1 Å². The van der Waals surface area contributed by atoms with E-state index in [1.54, 1.807) is 0 Å². The molecule has 1 aliphatic rings. The quantitative estimate of drug-likeness (QED) is 0.661. The summed E-state index contributed by atoms with van der Waals surface area (Å²) in [6, 6.07) is 1.61. The van der Waals surface area contributed by atoms with E-state index in [1.165, 1.54) is 6.42 Å². The number of nitrogens with zero attached hydrogens (tertiary/aromatic N) is 1. The van der Waals surface area contributed by atoms with Gasteiger partial charge in [-0.1, -0.05) is 32.1 Å². The van der Waals surface area contributed by atoms with Gasteiger partial charge in [0.2, 0.25) is 5.82 Å². The molecule has 0 radical (unpaired) electrons. The zero-order valence-electron chi connectivity index (χ0n) is 11.2. The molecule has 20 heavy (non-hydrogen) atoms. The topological polar surface area (TPSA) is 55.2 Å². The van der Waals surface area contributed by atoms with Gasteiger partial charge in [0.15, 0.2) is 0 Å². The number of halogens is 2. The van der Waals surface area contributed by atoms with Crippen LogP contribution in [0.4, 0.5) is 20.2 Å². The van der Waals surface area contributed by atoms with Crippen LogP contribution >= 0.6 is 0 Å². The highest BCUT2D eigenvalue weighted by molar-refractivity contribution is 5.53. The minimum Gasteiger partial charge on any atom is -0.380 e. The molecular weight excluding hydrogens is 266 g/mol. The minimum atomic E-state index is -1.14. The van der Waals surface area contributed by atoms with Crippen LogP contribution in [-0.4, -0.2) is 11.0 Å². The first kappa shape index (κ1) is 14.7. The first-order chi connectivity index (χ1) is 9.58. The molecule has 0 amide bonds. The first-order valence-electron chi connectivity index (χ1n) is 6.98. The first-order valence-corrected chi connectivity index (χ1v) is 6.98. The van der Waals surface area contributed by atoms with Crippen LogP contribution in [0.15, 0.2) is 12.1 Å². The molecule has 1 N–H and O–H groups in total. The van der Waals surface area contributed by atoms with Crippen LogP contribution in [0.2, 0.25) is 0 Å². The fraction of sp³-hybridized carbons (Fsp3) is 0.571. The molecule has 1 saturated carbocycles. The normalized spacial score (nSPS) is 17.3. The van der Waals surface area contributed by atoms with Crippen LogP contribution in [0.3, 0.4) is 0 Å². The Morgan fingerprint density at radius 1 is 1.05 bits per heavy atom. The second-order valence-corrected chi connectivity index (χ2v) is 5.23. The van der Waals surface area contributed by atoms with Gasteiger partial charge in [-0.15, -0.1) is 0 Å². The van der Waals surface area contributed by atoms with Gasteiger partial charge in [0.05, 0.1) is 10.6 Å². The molecule has 0 spiro atoms. The van der Waals surface area contributed by atoms with Crippen molar-refractivity contribution in [1.29, 1.82) is 0 Å². The molecule has 0 saturated heterocycles. The highest BCUT2D eigenvalue weighted by Gasteiger charge is 2.20. The van der Waals surface area contributed by atoms with Gasteiger partial charge >= 0.3 is 5.69 Å². The Hall–Kier alpha value is -1.72. The fourth-order valence-electron chi connectivity index (χ4n) is 2.61. The van der Waals surface area contributed by atoms with Crippen LogP contribution in [-0.2, 0) is 0 Å². The number of benzene rings is 1. The van der Waals surface area contributed by atoms with Crippen LogP contribution in [0, 0.1) is 21.7 Å². The van der Waals surface area contributed by atoms with E-state index in [0.29, 0.717) is 6.07 Å². The Kier molecular flexibility index (Phi) is 4.87. The van der Waals surface area contributed by atoms with Gasteiger partial charge in [-0.05, 0) is 12.8 Å². The van der Waals surface area contributed by atoms with Crippen LogP contribution in [0.1, 0.15) is 44.9 Å². The molecule has 1 aromatic carbocycles. The molecule has 0 aromatic heterocycles. The molecule has 0 aliphatic heterocycles. The Morgan fingerprint density at radius 2 is 1.65 bits per heavy atom. The van der Waals surface area contributed by atoms with Gasteiger partial charge in [-0.25, -0.2) is 4.39 Å². The lowest BCUT2D eigenvalue weighted by Crippen LogP contribution is -2.21. The zero-order chi connectivity index (χ0) is 14.5. The van der Waals surface area contributed by atoms with Crippen molar-refractivity contribution in [3.8, 4) is 0 Å². The van der Waals surface area contributed by atoms with E-state index < -0.39 is 22.2 Å². The Labute approximate surface area is 116 Å². The molecule has 1 fully saturated rings. The number of hydrogen-bond donors (Lipinski definition) is 1. The summed E-state index contributed by atoms with van der Waals surface area (Å²) in [5, 5.41) is 13.7. The molecule has 1 aliphatic carbocycles. The van der Waals surface area contributed by atoms with Crippen molar-refractivity contribution in [2.45, 2.75) is 51.0 Å². The maximum absolute atomic E-state index is 13.7. The second kappa shape index (κ2) is 6.63. The van der Waals surface area contributed by atoms with E-state index in [1.807, 2.05) is 0 Å². The van der Waals surface area contributed by atoms with E-state index in [9.17, 15) is 18.9 Å². The van der Waals surface area contributed by atoms with Crippen molar-refractivity contribution in [2.75, 3.05) is 5.32 Å². The van der Waals surface area contributed by atoms with Crippen LogP contribution < -0.4 is 5.32 Å². The van der Waals surface area contributed by atoms with Gasteiger partial charge < -0.3 is 5.32 Å². The summed E-state index contributed by atoms with van der Waals surface area (Å²) in [5.41, 5.74) is -0.677. The maximum atomic E-state index is 13.7. The molecule has 110 valence electrons. The van der Waals surface area contributed by atoms with E-state index in [4.69, 9.17) is 0 Å². The SMILES string of the molecule is O=[N+]([O-])c1cc(NC2CCCCCCC2)c(F)cc1F. The summed E-state index contributed by atoms with van der Waals surface area (Å²) in [7, 11) is 0. The molecule has 0 bridgehead atoms. The molecule has 0 heterocycles. The Morgan fingerprint density at radius 3 is 2.25 bits per heavy atom. The zero-order valence-corrected chi connectivity index (χ0v) is 11.2. The predicted molar refractivity (Wildman–Crippen MR) is 72.7 cm³/mol. The van der Waals surface area contributed by atoms with E-state index in [-0.39, 0.29) is 11.7 Å². The number of nitro groups is 1. The number of nitrogens with one attached hydrogen (secondary N) is 1. The predicted octanol–water partition coefficient (Wildman–Crippen LogP) is 4.40. The second-order valence-electron chi connectivity index (χ2n) is 5.23. The maximum Gasteiger partial charge on any atom is 0.307 e. The lowest BCUT2D eigenvalue weighted by molar-refractivity contribution is -0.387. The molecule has 1 aromatic rings. The molecular formula is C14H18F2N2O2. The van der Waals surface area contributed by atoms with E-state index in [2.05, 4.69) is 5.32 Å². The van der Waals surface area contributed by atoms with E-state index >= 15 is 0 Å². The number of anilines is 1. The van der Waals surface area contributed by atoms with Gasteiger partial charge in [0.25, 0.3) is 0 Å². The van der Waals surface area contributed by atoms with Gasteiger partial charge in [-0.2, -0.15) is 4.39 Å². The standard InChI is InChI=1S/C14H18F2N2O2/c15-11-8-12(16)14(18(19)20)9-13(11)17-10-6-4-2-1-3-5-7-10/h8-10,17H,1-7H2. The van der Waals surface area contributed by atoms with Crippen molar-refractivity contribution in [3.63, 3.8) is 0 Å². The van der Waals surface area contributed by atoms with E-state index in [0.717, 1.165) is 44.6 Å². The van der Waals surface area contributed by atoms with Crippen molar-refractivity contribution < 1.29 is 13.7 Å². The highest BCUT2D eigenvalue weighted by atomic mass is 19.1. The third kappa shape index (κ3) is 3.65. The van der Waals surface area contributed by atoms with Crippen LogP contribution in [0.25, 0.3) is 0 Å². The van der Waals surface area contributed by atoms with Crippen molar-refractivity contribution >= 4 is 11.4 Å². The molecule has 6 heteroatoms. The van der Waals surface area contributed by atoms with Gasteiger partial charge in [0.1, 0.15) is 5.82 Å². The number of hydrogen-bond acceptors (Lipinski definition) is 3.